The van der Waals surface area contributed by atoms with E-state index in [0.29, 0.717) is 25.5 Å². The van der Waals surface area contributed by atoms with Crippen LogP contribution in [0, 0.1) is 11.8 Å². The number of hydrogen-bond donors (Lipinski definition) is 2. The number of anilines is 1. The predicted molar refractivity (Wildman–Crippen MR) is 84.7 cm³/mol. The maximum Gasteiger partial charge on any atom is 0.265 e. The molecule has 0 aliphatic carbocycles. The normalized spacial score (nSPS) is 9.75. The van der Waals surface area contributed by atoms with Gasteiger partial charge in [-0.15, -0.1) is 11.3 Å². The van der Waals surface area contributed by atoms with Gasteiger partial charge in [0, 0.05) is 10.6 Å². The van der Waals surface area contributed by atoms with E-state index in [4.69, 9.17) is 28.9 Å². The highest BCUT2D eigenvalue weighted by Gasteiger charge is 2.11. The quantitative estimate of drug-likeness (QED) is 0.829. The van der Waals surface area contributed by atoms with Crippen LogP contribution in [0.4, 0.5) is 5.69 Å². The first-order valence-corrected chi connectivity index (χ1v) is 7.22. The van der Waals surface area contributed by atoms with E-state index < -0.39 is 0 Å². The van der Waals surface area contributed by atoms with Crippen LogP contribution in [0.1, 0.15) is 15.2 Å². The second-order valence-corrected chi connectivity index (χ2v) is 5.91. The molecule has 0 unspecified atom stereocenters. The molecule has 2 rings (SSSR count). The summed E-state index contributed by atoms with van der Waals surface area (Å²) < 4.78 is 0.564. The molecule has 0 radical (unpaired) electrons. The van der Waals surface area contributed by atoms with Crippen LogP contribution in [0.25, 0.3) is 0 Å². The smallest absolute Gasteiger partial charge is 0.265 e. The van der Waals surface area contributed by atoms with Gasteiger partial charge >= 0.3 is 0 Å². The summed E-state index contributed by atoms with van der Waals surface area (Å²) in [4.78, 5) is 12.6. The van der Waals surface area contributed by atoms with Crippen molar-refractivity contribution >= 4 is 46.1 Å². The number of rotatable bonds is 2. The van der Waals surface area contributed by atoms with E-state index in [9.17, 15) is 4.79 Å². The number of benzene rings is 1. The molecule has 1 amide bonds. The number of carbonyl (C=O) groups is 1. The molecule has 0 spiro atoms. The van der Waals surface area contributed by atoms with Crippen molar-refractivity contribution in [3.05, 3.63) is 50.1 Å². The van der Waals surface area contributed by atoms with Gasteiger partial charge in [-0.3, -0.25) is 4.79 Å². The molecule has 0 aliphatic rings. The minimum absolute atomic E-state index is 0.236. The number of amides is 1. The van der Waals surface area contributed by atoms with Crippen molar-refractivity contribution in [2.45, 2.75) is 0 Å². The van der Waals surface area contributed by atoms with Gasteiger partial charge in [-0.1, -0.05) is 35.0 Å². The molecule has 1 heterocycles. The summed E-state index contributed by atoms with van der Waals surface area (Å²) in [5, 5.41) is 3.33. The third-order valence-electron chi connectivity index (χ3n) is 2.35. The van der Waals surface area contributed by atoms with Crippen LogP contribution < -0.4 is 11.1 Å². The molecule has 3 nitrogen and oxygen atoms in total. The summed E-state index contributed by atoms with van der Waals surface area (Å²) >= 11 is 13.0. The number of hydrogen-bond acceptors (Lipinski definition) is 3. The van der Waals surface area contributed by atoms with Gasteiger partial charge in [0.05, 0.1) is 21.4 Å². The standard InChI is InChI=1S/C14H10Cl2N2OS/c15-10-3-4-11(9(8-10)2-1-7-17)18-14(19)12-5-6-13(16)20-12/h3-6,8H,7,17H2,(H,18,19). The molecular formula is C14H10Cl2N2OS. The predicted octanol–water partition coefficient (Wildman–Crippen LogP) is 3.62. The first-order chi connectivity index (χ1) is 9.60. The Morgan fingerprint density at radius 1 is 1.30 bits per heavy atom. The van der Waals surface area contributed by atoms with Gasteiger partial charge in [0.15, 0.2) is 0 Å². The monoisotopic (exact) mass is 324 g/mol. The van der Waals surface area contributed by atoms with Crippen molar-refractivity contribution in [3.63, 3.8) is 0 Å². The summed E-state index contributed by atoms with van der Waals surface area (Å²) in [6.45, 7) is 0.237. The molecule has 3 N–H and O–H groups in total. The molecule has 1 aromatic heterocycles. The lowest BCUT2D eigenvalue weighted by molar-refractivity contribution is 0.103. The van der Waals surface area contributed by atoms with Crippen LogP contribution in [0.5, 0.6) is 0 Å². The van der Waals surface area contributed by atoms with Crippen molar-refractivity contribution in [2.75, 3.05) is 11.9 Å². The second kappa shape index (κ2) is 6.78. The lowest BCUT2D eigenvalue weighted by Crippen LogP contribution is -2.11. The number of thiophene rings is 1. The fourth-order valence-corrected chi connectivity index (χ4v) is 2.61. The molecular weight excluding hydrogens is 315 g/mol. The average molecular weight is 325 g/mol. The molecule has 102 valence electrons. The second-order valence-electron chi connectivity index (χ2n) is 3.75. The van der Waals surface area contributed by atoms with Crippen molar-refractivity contribution < 1.29 is 4.79 Å². The first-order valence-electron chi connectivity index (χ1n) is 5.65. The fourth-order valence-electron chi connectivity index (χ4n) is 1.50. The van der Waals surface area contributed by atoms with E-state index in [0.717, 1.165) is 0 Å². The van der Waals surface area contributed by atoms with Crippen LogP contribution in [0.3, 0.4) is 0 Å². The number of carbonyl (C=O) groups excluding carboxylic acids is 1. The number of nitrogens with one attached hydrogen (secondary N) is 1. The van der Waals surface area contributed by atoms with Gasteiger partial charge in [-0.05, 0) is 30.3 Å². The Balaban J connectivity index is 2.26. The van der Waals surface area contributed by atoms with Gasteiger partial charge in [0.2, 0.25) is 0 Å². The number of nitrogens with two attached hydrogens (primary N) is 1. The molecule has 0 aliphatic heterocycles. The van der Waals surface area contributed by atoms with E-state index in [-0.39, 0.29) is 12.5 Å². The van der Waals surface area contributed by atoms with Crippen LogP contribution in [0.2, 0.25) is 9.36 Å². The molecule has 0 saturated carbocycles. The van der Waals surface area contributed by atoms with E-state index in [1.54, 1.807) is 30.3 Å². The zero-order chi connectivity index (χ0) is 14.5. The van der Waals surface area contributed by atoms with E-state index in [2.05, 4.69) is 17.2 Å². The Morgan fingerprint density at radius 2 is 2.10 bits per heavy atom. The van der Waals surface area contributed by atoms with E-state index >= 15 is 0 Å². The van der Waals surface area contributed by atoms with Crippen molar-refractivity contribution in [2.24, 2.45) is 5.73 Å². The zero-order valence-electron chi connectivity index (χ0n) is 10.2. The van der Waals surface area contributed by atoms with E-state index in [1.165, 1.54) is 11.3 Å². The minimum Gasteiger partial charge on any atom is -0.320 e. The van der Waals surface area contributed by atoms with Crippen molar-refractivity contribution in [1.82, 2.24) is 0 Å². The van der Waals surface area contributed by atoms with Crippen LogP contribution >= 0.6 is 34.5 Å². The van der Waals surface area contributed by atoms with Crippen LogP contribution in [0.15, 0.2) is 30.3 Å². The highest BCUT2D eigenvalue weighted by atomic mass is 35.5. The Hall–Kier alpha value is -1.51. The van der Waals surface area contributed by atoms with Crippen molar-refractivity contribution in [1.29, 1.82) is 0 Å². The van der Waals surface area contributed by atoms with Gasteiger partial charge in [-0.2, -0.15) is 0 Å². The van der Waals surface area contributed by atoms with Gasteiger partial charge < -0.3 is 11.1 Å². The molecule has 0 saturated heterocycles. The summed E-state index contributed by atoms with van der Waals surface area (Å²) in [5.74, 6) is 5.38. The lowest BCUT2D eigenvalue weighted by Gasteiger charge is -2.06. The summed E-state index contributed by atoms with van der Waals surface area (Å²) in [6, 6.07) is 8.42. The highest BCUT2D eigenvalue weighted by Crippen LogP contribution is 2.24. The lowest BCUT2D eigenvalue weighted by atomic mass is 10.1. The summed E-state index contributed by atoms with van der Waals surface area (Å²) in [7, 11) is 0. The molecule has 0 atom stereocenters. The van der Waals surface area contributed by atoms with Gasteiger partial charge in [0.1, 0.15) is 0 Å². The highest BCUT2D eigenvalue weighted by molar-refractivity contribution is 7.18. The van der Waals surface area contributed by atoms with Gasteiger partial charge in [0.25, 0.3) is 5.91 Å². The number of halogens is 2. The molecule has 20 heavy (non-hydrogen) atoms. The Bertz CT molecular complexity index is 701. The van der Waals surface area contributed by atoms with Crippen LogP contribution in [-0.2, 0) is 0 Å². The average Bonchev–Trinajstić information content (AvgIpc) is 2.85. The zero-order valence-corrected chi connectivity index (χ0v) is 12.6. The Labute approximate surface area is 130 Å². The molecule has 1 aromatic carbocycles. The van der Waals surface area contributed by atoms with E-state index in [1.807, 2.05) is 0 Å². The fraction of sp³-hybridized carbons (Fsp3) is 0.0714. The minimum atomic E-state index is -0.236. The maximum absolute atomic E-state index is 12.1. The summed E-state index contributed by atoms with van der Waals surface area (Å²) in [5.41, 5.74) is 6.56. The topological polar surface area (TPSA) is 55.1 Å². The largest absolute Gasteiger partial charge is 0.320 e. The maximum atomic E-state index is 12.1. The van der Waals surface area contributed by atoms with Crippen molar-refractivity contribution in [3.8, 4) is 11.8 Å². The Morgan fingerprint density at radius 3 is 2.75 bits per heavy atom. The molecule has 0 fully saturated rings. The molecule has 2 aromatic rings. The Kier molecular flexibility index (Phi) is 5.05. The third kappa shape index (κ3) is 3.75. The SMILES string of the molecule is NCC#Cc1cc(Cl)ccc1NC(=O)c1ccc(Cl)s1. The van der Waals surface area contributed by atoms with Gasteiger partial charge in [-0.25, -0.2) is 0 Å². The van der Waals surface area contributed by atoms with Crippen LogP contribution in [-0.4, -0.2) is 12.5 Å². The first kappa shape index (κ1) is 14.9. The molecule has 0 bridgehead atoms. The molecule has 6 heteroatoms. The summed E-state index contributed by atoms with van der Waals surface area (Å²) in [6.07, 6.45) is 0. The third-order valence-corrected chi connectivity index (χ3v) is 3.82.